The number of fused-ring (bicyclic) bond motifs is 1. The van der Waals surface area contributed by atoms with Crippen molar-refractivity contribution in [1.82, 2.24) is 19.9 Å². The van der Waals surface area contributed by atoms with Gasteiger partial charge >= 0.3 is 0 Å². The van der Waals surface area contributed by atoms with E-state index in [1.54, 1.807) is 6.33 Å². The lowest BCUT2D eigenvalue weighted by Crippen LogP contribution is -2.35. The van der Waals surface area contributed by atoms with Gasteiger partial charge in [-0.2, -0.15) is 0 Å². The van der Waals surface area contributed by atoms with Crippen LogP contribution in [-0.4, -0.2) is 33.0 Å². The molecule has 1 aliphatic carbocycles. The molecule has 1 fully saturated rings. The summed E-state index contributed by atoms with van der Waals surface area (Å²) in [6.45, 7) is 0.632. The first-order valence-electron chi connectivity index (χ1n) is 8.01. The van der Waals surface area contributed by atoms with Crippen LogP contribution in [0.1, 0.15) is 30.3 Å². The van der Waals surface area contributed by atoms with Crippen molar-refractivity contribution in [1.29, 1.82) is 0 Å². The third-order valence-corrected chi connectivity index (χ3v) is 4.77. The molecule has 6 nitrogen and oxygen atoms in total. The fourth-order valence-corrected chi connectivity index (χ4v) is 3.28. The molecule has 1 aromatic carbocycles. The Hall–Kier alpha value is -2.18. The van der Waals surface area contributed by atoms with Crippen LogP contribution < -0.4 is 10.6 Å². The number of nitrogens with zero attached hydrogens (tertiary/aromatic N) is 4. The Bertz CT molecular complexity index is 870. The van der Waals surface area contributed by atoms with Gasteiger partial charge in [0.25, 0.3) is 0 Å². The predicted molar refractivity (Wildman–Crippen MR) is 95.2 cm³/mol. The fourth-order valence-electron chi connectivity index (χ4n) is 3.11. The maximum atomic E-state index is 6.02. The first kappa shape index (κ1) is 15.4. The Labute approximate surface area is 145 Å². The van der Waals surface area contributed by atoms with E-state index < -0.39 is 0 Å². The largest absolute Gasteiger partial charge is 0.352 e. The highest BCUT2D eigenvalue weighted by Gasteiger charge is 2.28. The van der Waals surface area contributed by atoms with Crippen LogP contribution in [0.25, 0.3) is 11.0 Å². The maximum absolute atomic E-state index is 6.02. The minimum absolute atomic E-state index is 0.313. The minimum atomic E-state index is 0.313. The number of hydrogen-bond donors (Lipinski definition) is 2. The summed E-state index contributed by atoms with van der Waals surface area (Å²) in [6.07, 6.45) is 3.64. The molecule has 0 unspecified atom stereocenters. The molecule has 2 heterocycles. The molecule has 0 atom stereocenters. The molecule has 2 aromatic heterocycles. The van der Waals surface area contributed by atoms with Crippen LogP contribution >= 0.6 is 11.6 Å². The molecule has 0 saturated heterocycles. The molecule has 3 N–H and O–H groups in total. The van der Waals surface area contributed by atoms with Crippen molar-refractivity contribution in [2.45, 2.75) is 31.3 Å². The minimum Gasteiger partial charge on any atom is -0.352 e. The van der Waals surface area contributed by atoms with Crippen LogP contribution in [0.2, 0.25) is 5.02 Å². The molecular weight excluding hydrogens is 324 g/mol. The van der Waals surface area contributed by atoms with E-state index in [0.29, 0.717) is 23.5 Å². The van der Waals surface area contributed by atoms with E-state index in [1.807, 2.05) is 25.2 Å². The van der Waals surface area contributed by atoms with Crippen LogP contribution in [0, 0.1) is 0 Å². The molecule has 0 spiro atoms. The molecule has 0 bridgehead atoms. The van der Waals surface area contributed by atoms with Gasteiger partial charge in [-0.3, -0.25) is 0 Å². The molecule has 0 amide bonds. The summed E-state index contributed by atoms with van der Waals surface area (Å²) in [5.74, 6) is 2.23. The van der Waals surface area contributed by atoms with Crippen LogP contribution in [0.4, 0.5) is 5.82 Å². The van der Waals surface area contributed by atoms with Crippen molar-refractivity contribution < 1.29 is 0 Å². The monoisotopic (exact) mass is 342 g/mol. The summed E-state index contributed by atoms with van der Waals surface area (Å²) in [7, 11) is 2.00. The van der Waals surface area contributed by atoms with E-state index in [1.165, 1.54) is 0 Å². The Morgan fingerprint density at radius 1 is 1.29 bits per heavy atom. The number of imidazole rings is 1. The average molecular weight is 343 g/mol. The Balaban J connectivity index is 1.52. The quantitative estimate of drug-likeness (QED) is 0.761. The Morgan fingerprint density at radius 3 is 2.92 bits per heavy atom. The van der Waals surface area contributed by atoms with E-state index >= 15 is 0 Å². The van der Waals surface area contributed by atoms with E-state index in [2.05, 4.69) is 30.9 Å². The number of nitrogens with two attached hydrogens (primary N) is 1. The first-order valence-corrected chi connectivity index (χ1v) is 8.39. The second-order valence-electron chi connectivity index (χ2n) is 6.43. The molecule has 3 aromatic rings. The number of anilines is 1. The van der Waals surface area contributed by atoms with Crippen molar-refractivity contribution in [3.05, 3.63) is 47.1 Å². The van der Waals surface area contributed by atoms with Crippen LogP contribution in [0.3, 0.4) is 0 Å². The SMILES string of the molecule is CN(Cc1nc2ccc(Cl)cc2[nH]1)c1cc(C2CC(N)C2)ncn1. The third-order valence-electron chi connectivity index (χ3n) is 4.54. The molecule has 7 heteroatoms. The average Bonchev–Trinajstić information content (AvgIpc) is 2.93. The highest BCUT2D eigenvalue weighted by atomic mass is 35.5. The van der Waals surface area contributed by atoms with Gasteiger partial charge in [0.15, 0.2) is 0 Å². The second-order valence-corrected chi connectivity index (χ2v) is 6.87. The lowest BCUT2D eigenvalue weighted by Gasteiger charge is -2.32. The molecule has 24 heavy (non-hydrogen) atoms. The van der Waals surface area contributed by atoms with Crippen molar-refractivity contribution >= 4 is 28.5 Å². The molecule has 1 saturated carbocycles. The molecule has 0 radical (unpaired) electrons. The van der Waals surface area contributed by atoms with Crippen LogP contribution in [0.15, 0.2) is 30.6 Å². The standard InChI is InChI=1S/C17H19ClN6/c1-24(8-16-22-13-3-2-11(18)6-15(13)23-16)17-7-14(20-9-21-17)10-4-12(19)5-10/h2-3,6-7,9-10,12H,4-5,8,19H2,1H3,(H,22,23). The number of hydrogen-bond acceptors (Lipinski definition) is 5. The van der Waals surface area contributed by atoms with Gasteiger partial charge < -0.3 is 15.6 Å². The molecule has 124 valence electrons. The van der Waals surface area contributed by atoms with Crippen molar-refractivity contribution in [3.63, 3.8) is 0 Å². The van der Waals surface area contributed by atoms with Gasteiger partial charge in [0.1, 0.15) is 18.0 Å². The first-order chi connectivity index (χ1) is 11.6. The molecular formula is C17H19ClN6. The zero-order valence-electron chi connectivity index (χ0n) is 13.4. The lowest BCUT2D eigenvalue weighted by atomic mass is 9.78. The van der Waals surface area contributed by atoms with Gasteiger partial charge in [-0.15, -0.1) is 0 Å². The normalized spacial score (nSPS) is 20.1. The second kappa shape index (κ2) is 6.03. The van der Waals surface area contributed by atoms with Crippen molar-refractivity contribution in [3.8, 4) is 0 Å². The smallest absolute Gasteiger partial charge is 0.132 e. The fraction of sp³-hybridized carbons (Fsp3) is 0.353. The van der Waals surface area contributed by atoms with Gasteiger partial charge in [-0.1, -0.05) is 11.6 Å². The number of rotatable bonds is 4. The molecule has 4 rings (SSSR count). The zero-order valence-corrected chi connectivity index (χ0v) is 14.2. The van der Waals surface area contributed by atoms with Crippen molar-refractivity contribution in [2.24, 2.45) is 5.73 Å². The summed E-state index contributed by atoms with van der Waals surface area (Å²) in [5, 5.41) is 0.699. The van der Waals surface area contributed by atoms with E-state index in [-0.39, 0.29) is 0 Å². The topological polar surface area (TPSA) is 83.7 Å². The van der Waals surface area contributed by atoms with Gasteiger partial charge in [0, 0.05) is 35.8 Å². The Morgan fingerprint density at radius 2 is 2.12 bits per heavy atom. The number of nitrogens with one attached hydrogen (secondary N) is 1. The summed E-state index contributed by atoms with van der Waals surface area (Å²) >= 11 is 6.02. The van der Waals surface area contributed by atoms with E-state index in [9.17, 15) is 0 Å². The molecule has 0 aliphatic heterocycles. The van der Waals surface area contributed by atoms with Crippen LogP contribution in [0.5, 0.6) is 0 Å². The van der Waals surface area contributed by atoms with E-state index in [4.69, 9.17) is 17.3 Å². The highest BCUT2D eigenvalue weighted by molar-refractivity contribution is 6.31. The Kier molecular flexibility index (Phi) is 3.86. The highest BCUT2D eigenvalue weighted by Crippen LogP contribution is 2.35. The number of aromatic nitrogens is 4. The zero-order chi connectivity index (χ0) is 16.7. The van der Waals surface area contributed by atoms with Gasteiger partial charge in [-0.05, 0) is 31.0 Å². The van der Waals surface area contributed by atoms with Crippen LogP contribution in [-0.2, 0) is 6.54 Å². The van der Waals surface area contributed by atoms with E-state index in [0.717, 1.165) is 41.2 Å². The number of halogens is 1. The predicted octanol–water partition coefficient (Wildman–Crippen LogP) is 2.85. The summed E-state index contributed by atoms with van der Waals surface area (Å²) in [6, 6.07) is 8.01. The molecule has 1 aliphatic rings. The summed E-state index contributed by atoms with van der Waals surface area (Å²) in [4.78, 5) is 18.7. The van der Waals surface area contributed by atoms with Crippen molar-refractivity contribution in [2.75, 3.05) is 11.9 Å². The summed E-state index contributed by atoms with van der Waals surface area (Å²) in [5.41, 5.74) is 8.81. The maximum Gasteiger partial charge on any atom is 0.132 e. The van der Waals surface area contributed by atoms with Gasteiger partial charge in [0.2, 0.25) is 0 Å². The van der Waals surface area contributed by atoms with Gasteiger partial charge in [0.05, 0.1) is 17.6 Å². The number of benzene rings is 1. The number of aromatic amines is 1. The third kappa shape index (κ3) is 2.95. The lowest BCUT2D eigenvalue weighted by molar-refractivity contribution is 0.345. The number of H-pyrrole nitrogens is 1. The summed E-state index contributed by atoms with van der Waals surface area (Å²) < 4.78 is 0. The van der Waals surface area contributed by atoms with Gasteiger partial charge in [-0.25, -0.2) is 15.0 Å².